The van der Waals surface area contributed by atoms with E-state index in [4.69, 9.17) is 0 Å². The standard InChI is InChI=1S/C42H28/c1-5-13-33-27(9-1)17-18-28-10-2-6-14-34(28)41(33)37-25-23-31-21-22-32-24-26-38(40(37)39(31)32)42(41)35-15-7-3-11-29(35)19-20-30-12-4-8-16-36(30)42/h1-20,23-26H,21-22H2. The first-order valence-corrected chi connectivity index (χ1v) is 15.2. The van der Waals surface area contributed by atoms with Gasteiger partial charge < -0.3 is 0 Å². The van der Waals surface area contributed by atoms with Crippen LogP contribution >= 0.6 is 0 Å². The highest BCUT2D eigenvalue weighted by atomic mass is 14.6. The Balaban J connectivity index is 1.56. The maximum atomic E-state index is 2.51. The van der Waals surface area contributed by atoms with Gasteiger partial charge in [-0.15, -0.1) is 0 Å². The minimum absolute atomic E-state index is 0.496. The molecule has 0 N–H and O–H groups in total. The van der Waals surface area contributed by atoms with Gasteiger partial charge >= 0.3 is 0 Å². The molecule has 0 nitrogen and oxygen atoms in total. The van der Waals surface area contributed by atoms with Crippen LogP contribution in [0.1, 0.15) is 66.8 Å². The summed E-state index contributed by atoms with van der Waals surface area (Å²) in [5.74, 6) is 0. The van der Waals surface area contributed by atoms with E-state index in [2.05, 4.69) is 146 Å². The lowest BCUT2D eigenvalue weighted by atomic mass is 9.49. The smallest absolute Gasteiger partial charge is 0.0619 e. The Hall–Kier alpha value is -4.94. The molecule has 0 bridgehead atoms. The van der Waals surface area contributed by atoms with E-state index in [0.29, 0.717) is 0 Å². The summed E-state index contributed by atoms with van der Waals surface area (Å²) in [6.45, 7) is 0. The number of hydrogen-bond donors (Lipinski definition) is 0. The average Bonchev–Trinajstić information content (AvgIpc) is 3.47. The molecule has 0 aliphatic heterocycles. The third-order valence-electron chi connectivity index (χ3n) is 10.7. The molecule has 4 aliphatic rings. The van der Waals surface area contributed by atoms with Gasteiger partial charge in [0.25, 0.3) is 0 Å². The number of fused-ring (bicyclic) bond motifs is 11. The quantitative estimate of drug-likeness (QED) is 0.183. The first kappa shape index (κ1) is 22.7. The van der Waals surface area contributed by atoms with Crippen LogP contribution in [-0.2, 0) is 23.7 Å². The molecule has 0 unspecified atom stereocenters. The first-order valence-electron chi connectivity index (χ1n) is 15.2. The fraction of sp³-hybridized carbons (Fsp3) is 0.0952. The Morgan fingerprint density at radius 1 is 0.310 bits per heavy atom. The van der Waals surface area contributed by atoms with Gasteiger partial charge in [0.2, 0.25) is 0 Å². The number of hydrogen-bond acceptors (Lipinski definition) is 0. The van der Waals surface area contributed by atoms with E-state index in [0.717, 1.165) is 12.8 Å². The number of aryl methyl sites for hydroxylation is 2. The van der Waals surface area contributed by atoms with Crippen molar-refractivity contribution in [3.8, 4) is 0 Å². The molecule has 42 heavy (non-hydrogen) atoms. The first-order chi connectivity index (χ1) is 20.8. The largest absolute Gasteiger partial charge is 0.0647 e. The molecule has 4 aliphatic carbocycles. The minimum atomic E-state index is -0.496. The molecule has 2 spiro atoms. The van der Waals surface area contributed by atoms with Gasteiger partial charge in [0, 0.05) is 0 Å². The van der Waals surface area contributed by atoms with Gasteiger partial charge in [0.15, 0.2) is 0 Å². The molecule has 0 heteroatoms. The van der Waals surface area contributed by atoms with Crippen LogP contribution < -0.4 is 0 Å². The van der Waals surface area contributed by atoms with Crippen molar-refractivity contribution in [1.29, 1.82) is 0 Å². The molecule has 0 saturated carbocycles. The van der Waals surface area contributed by atoms with Gasteiger partial charge in [-0.3, -0.25) is 0 Å². The van der Waals surface area contributed by atoms with E-state index in [1.807, 2.05) is 0 Å². The predicted octanol–water partition coefficient (Wildman–Crippen LogP) is 9.59. The van der Waals surface area contributed by atoms with E-state index in [9.17, 15) is 0 Å². The van der Waals surface area contributed by atoms with Gasteiger partial charge in [0.1, 0.15) is 0 Å². The third-order valence-corrected chi connectivity index (χ3v) is 10.7. The lowest BCUT2D eigenvalue weighted by molar-refractivity contribution is 0.441. The van der Waals surface area contributed by atoms with Crippen molar-refractivity contribution < 1.29 is 0 Å². The molecule has 196 valence electrons. The van der Waals surface area contributed by atoms with Crippen molar-refractivity contribution in [1.82, 2.24) is 0 Å². The molecule has 0 amide bonds. The molecule has 6 aromatic carbocycles. The normalized spacial score (nSPS) is 17.0. The Morgan fingerprint density at radius 2 is 0.643 bits per heavy atom. The van der Waals surface area contributed by atoms with Crippen LogP contribution in [0.3, 0.4) is 0 Å². The van der Waals surface area contributed by atoms with Crippen LogP contribution in [0.4, 0.5) is 0 Å². The summed E-state index contributed by atoms with van der Waals surface area (Å²) >= 11 is 0. The highest BCUT2D eigenvalue weighted by molar-refractivity contribution is 6.05. The summed E-state index contributed by atoms with van der Waals surface area (Å²) in [4.78, 5) is 0. The van der Waals surface area contributed by atoms with Crippen LogP contribution in [0.2, 0.25) is 0 Å². The molecule has 0 radical (unpaired) electrons. The van der Waals surface area contributed by atoms with Gasteiger partial charge in [-0.2, -0.15) is 0 Å². The van der Waals surface area contributed by atoms with Crippen molar-refractivity contribution in [3.63, 3.8) is 0 Å². The molecule has 0 atom stereocenters. The summed E-state index contributed by atoms with van der Waals surface area (Å²) in [5, 5.41) is 2.97. The molecule has 10 rings (SSSR count). The molecule has 0 saturated heterocycles. The van der Waals surface area contributed by atoms with E-state index in [-0.39, 0.29) is 0 Å². The zero-order valence-corrected chi connectivity index (χ0v) is 23.3. The molecule has 6 aromatic rings. The van der Waals surface area contributed by atoms with Gasteiger partial charge in [-0.25, -0.2) is 0 Å². The van der Waals surface area contributed by atoms with Crippen molar-refractivity contribution in [2.45, 2.75) is 23.7 Å². The zero-order chi connectivity index (χ0) is 27.5. The maximum absolute atomic E-state index is 2.51. The average molecular weight is 533 g/mol. The van der Waals surface area contributed by atoms with Gasteiger partial charge in [-0.1, -0.05) is 146 Å². The summed E-state index contributed by atoms with van der Waals surface area (Å²) in [6.07, 6.45) is 11.6. The Bertz CT molecular complexity index is 1950. The van der Waals surface area contributed by atoms with Crippen molar-refractivity contribution in [2.24, 2.45) is 0 Å². The Morgan fingerprint density at radius 3 is 1.00 bits per heavy atom. The summed E-state index contributed by atoms with van der Waals surface area (Å²) in [5.41, 5.74) is 15.6. The van der Waals surface area contributed by atoms with E-state index in [1.165, 1.54) is 77.5 Å². The second kappa shape index (κ2) is 7.87. The number of rotatable bonds is 0. The van der Waals surface area contributed by atoms with Gasteiger partial charge in [-0.05, 0) is 90.4 Å². The molecule has 0 fully saturated rings. The number of benzene rings is 6. The highest BCUT2D eigenvalue weighted by Gasteiger charge is 2.64. The SMILES string of the molecule is C1=Cc2ccccc2C2(c3ccccc31)c1ccc3c4c(ccc(c14)C21c2ccccc2C=Cc2ccccc21)CC3. The molecular formula is C42H28. The van der Waals surface area contributed by atoms with Crippen LogP contribution in [0.5, 0.6) is 0 Å². The predicted molar refractivity (Wildman–Crippen MR) is 175 cm³/mol. The molecule has 0 heterocycles. The maximum Gasteiger partial charge on any atom is 0.0647 e. The van der Waals surface area contributed by atoms with Crippen LogP contribution in [-0.4, -0.2) is 0 Å². The van der Waals surface area contributed by atoms with Crippen molar-refractivity contribution >= 4 is 35.1 Å². The monoisotopic (exact) mass is 532 g/mol. The summed E-state index contributed by atoms with van der Waals surface area (Å²) in [7, 11) is 0. The third kappa shape index (κ3) is 2.44. The van der Waals surface area contributed by atoms with Crippen molar-refractivity contribution in [2.75, 3.05) is 0 Å². The summed E-state index contributed by atoms with van der Waals surface area (Å²) in [6, 6.07) is 46.6. The van der Waals surface area contributed by atoms with E-state index >= 15 is 0 Å². The Kier molecular flexibility index (Phi) is 4.25. The van der Waals surface area contributed by atoms with Crippen LogP contribution in [0.15, 0.2) is 121 Å². The van der Waals surface area contributed by atoms with Crippen LogP contribution in [0, 0.1) is 0 Å². The van der Waals surface area contributed by atoms with Crippen LogP contribution in [0.25, 0.3) is 35.1 Å². The second-order valence-electron chi connectivity index (χ2n) is 12.3. The topological polar surface area (TPSA) is 0 Å². The second-order valence-corrected chi connectivity index (χ2v) is 12.3. The zero-order valence-electron chi connectivity index (χ0n) is 23.3. The lowest BCUT2D eigenvalue weighted by Crippen LogP contribution is -2.50. The van der Waals surface area contributed by atoms with E-state index in [1.54, 1.807) is 0 Å². The fourth-order valence-corrected chi connectivity index (χ4v) is 9.33. The molecular weight excluding hydrogens is 504 g/mol. The Labute approximate surface area is 246 Å². The minimum Gasteiger partial charge on any atom is -0.0619 e. The van der Waals surface area contributed by atoms with Gasteiger partial charge in [0.05, 0.1) is 10.8 Å². The van der Waals surface area contributed by atoms with Crippen molar-refractivity contribution in [3.05, 3.63) is 188 Å². The summed E-state index contributed by atoms with van der Waals surface area (Å²) < 4.78 is 0. The fourth-order valence-electron chi connectivity index (χ4n) is 9.33. The molecule has 0 aromatic heterocycles. The highest BCUT2D eigenvalue weighted by Crippen LogP contribution is 2.69. The van der Waals surface area contributed by atoms with E-state index < -0.39 is 10.8 Å². The lowest BCUT2D eigenvalue weighted by Gasteiger charge is -2.51.